The lowest BCUT2D eigenvalue weighted by Crippen LogP contribution is -1.88. The maximum atomic E-state index is 8.83. The summed E-state index contributed by atoms with van der Waals surface area (Å²) in [4.78, 5) is 0. The van der Waals surface area contributed by atoms with Crippen molar-refractivity contribution < 1.29 is 5.11 Å². The molecule has 0 saturated heterocycles. The lowest BCUT2D eigenvalue weighted by Gasteiger charge is -2.00. The second-order valence-electron chi connectivity index (χ2n) is 2.41. The van der Waals surface area contributed by atoms with Crippen LogP contribution in [0.1, 0.15) is 16.7 Å². The Morgan fingerprint density at radius 2 is 2.27 bits per heavy atom. The van der Waals surface area contributed by atoms with Crippen LogP contribution >= 0.6 is 0 Å². The minimum atomic E-state index is 0.00134. The van der Waals surface area contributed by atoms with Crippen LogP contribution in [0.15, 0.2) is 18.2 Å². The lowest BCUT2D eigenvalue weighted by atomic mass is 10.1. The first-order valence-corrected chi connectivity index (χ1v) is 3.38. The van der Waals surface area contributed by atoms with E-state index in [-0.39, 0.29) is 6.61 Å². The van der Waals surface area contributed by atoms with Crippen LogP contribution in [0, 0.1) is 18.3 Å². The minimum absolute atomic E-state index is 0.00134. The molecule has 0 fully saturated rings. The number of nitrogens with zero attached hydrogens (tertiary/aromatic N) is 1. The molecule has 0 saturated carbocycles. The number of hydrogen-bond donors (Lipinski definition) is 1. The Balaban J connectivity index is 3.15. The van der Waals surface area contributed by atoms with E-state index in [0.29, 0.717) is 5.56 Å². The molecule has 0 aliphatic carbocycles. The van der Waals surface area contributed by atoms with Gasteiger partial charge in [0.1, 0.15) is 0 Å². The van der Waals surface area contributed by atoms with Crippen molar-refractivity contribution in [3.05, 3.63) is 34.9 Å². The highest BCUT2D eigenvalue weighted by molar-refractivity contribution is 5.37. The largest absolute Gasteiger partial charge is 0.392 e. The van der Waals surface area contributed by atoms with Gasteiger partial charge in [-0.05, 0) is 30.2 Å². The van der Waals surface area contributed by atoms with Gasteiger partial charge in [0.2, 0.25) is 0 Å². The summed E-state index contributed by atoms with van der Waals surface area (Å²) in [6, 6.07) is 7.30. The molecule has 0 aromatic heterocycles. The third-order valence-electron chi connectivity index (χ3n) is 1.65. The van der Waals surface area contributed by atoms with Crippen molar-refractivity contribution in [2.75, 3.05) is 0 Å². The summed E-state index contributed by atoms with van der Waals surface area (Å²) in [6.45, 7) is 1.91. The van der Waals surface area contributed by atoms with Gasteiger partial charge in [-0.1, -0.05) is 6.07 Å². The van der Waals surface area contributed by atoms with E-state index in [4.69, 9.17) is 10.4 Å². The predicted molar refractivity (Wildman–Crippen MR) is 41.8 cm³/mol. The zero-order valence-electron chi connectivity index (χ0n) is 6.33. The minimum Gasteiger partial charge on any atom is -0.392 e. The van der Waals surface area contributed by atoms with Crippen LogP contribution in [0.4, 0.5) is 0 Å². The molecule has 1 aromatic carbocycles. The number of aryl methyl sites for hydroxylation is 1. The fourth-order valence-electron chi connectivity index (χ4n) is 0.911. The molecule has 1 rings (SSSR count). The molecule has 0 unspecified atom stereocenters. The van der Waals surface area contributed by atoms with Gasteiger partial charge in [-0.2, -0.15) is 5.26 Å². The number of aliphatic hydroxyl groups excluding tert-OH is 1. The van der Waals surface area contributed by atoms with Gasteiger partial charge in [0.15, 0.2) is 0 Å². The quantitative estimate of drug-likeness (QED) is 0.651. The molecular formula is C9H9NO. The number of aliphatic hydroxyl groups is 1. The number of nitriles is 1. The highest BCUT2D eigenvalue weighted by atomic mass is 16.3. The van der Waals surface area contributed by atoms with E-state index in [1.807, 2.05) is 19.1 Å². The maximum absolute atomic E-state index is 8.83. The molecule has 11 heavy (non-hydrogen) atoms. The average molecular weight is 147 g/mol. The molecule has 0 amide bonds. The van der Waals surface area contributed by atoms with Crippen molar-refractivity contribution in [1.82, 2.24) is 0 Å². The van der Waals surface area contributed by atoms with E-state index in [9.17, 15) is 0 Å². The average Bonchev–Trinajstić information content (AvgIpc) is 2.05. The van der Waals surface area contributed by atoms with Crippen LogP contribution in [0.3, 0.4) is 0 Å². The summed E-state index contributed by atoms with van der Waals surface area (Å²) in [5, 5.41) is 17.3. The van der Waals surface area contributed by atoms with Crippen LogP contribution in [-0.4, -0.2) is 5.11 Å². The number of rotatable bonds is 1. The summed E-state index contributed by atoms with van der Waals surface area (Å²) in [6.07, 6.45) is 0. The van der Waals surface area contributed by atoms with Crippen LogP contribution in [0.2, 0.25) is 0 Å². The molecule has 0 radical (unpaired) electrons. The second-order valence-corrected chi connectivity index (χ2v) is 2.41. The van der Waals surface area contributed by atoms with Gasteiger partial charge in [0.25, 0.3) is 0 Å². The summed E-state index contributed by atoms with van der Waals surface area (Å²) < 4.78 is 0. The predicted octanol–water partition coefficient (Wildman–Crippen LogP) is 1.36. The number of benzene rings is 1. The van der Waals surface area contributed by atoms with Crippen molar-refractivity contribution in [3.8, 4) is 6.07 Å². The van der Waals surface area contributed by atoms with E-state index in [2.05, 4.69) is 0 Å². The fourth-order valence-corrected chi connectivity index (χ4v) is 0.911. The summed E-state index contributed by atoms with van der Waals surface area (Å²) in [5.74, 6) is 0. The molecule has 0 aliphatic rings. The molecule has 1 aromatic rings. The Kier molecular flexibility index (Phi) is 2.25. The first-order chi connectivity index (χ1) is 5.27. The molecule has 1 N–H and O–H groups in total. The molecule has 0 bridgehead atoms. The monoisotopic (exact) mass is 147 g/mol. The molecule has 0 atom stereocenters. The third kappa shape index (κ3) is 1.57. The molecule has 0 heterocycles. The van der Waals surface area contributed by atoms with Gasteiger partial charge in [-0.25, -0.2) is 0 Å². The summed E-state index contributed by atoms with van der Waals surface area (Å²) in [5.41, 5.74) is 2.44. The van der Waals surface area contributed by atoms with Crippen molar-refractivity contribution in [3.63, 3.8) is 0 Å². The van der Waals surface area contributed by atoms with Gasteiger partial charge in [0, 0.05) is 0 Å². The summed E-state index contributed by atoms with van der Waals surface area (Å²) in [7, 11) is 0. The van der Waals surface area contributed by atoms with Gasteiger partial charge < -0.3 is 5.11 Å². The SMILES string of the molecule is Cc1ccc(C#N)cc1CO. The van der Waals surface area contributed by atoms with Crippen LogP contribution < -0.4 is 0 Å². The van der Waals surface area contributed by atoms with E-state index in [1.165, 1.54) is 0 Å². The second kappa shape index (κ2) is 3.18. The van der Waals surface area contributed by atoms with Crippen molar-refractivity contribution in [2.45, 2.75) is 13.5 Å². The smallest absolute Gasteiger partial charge is 0.0991 e. The molecule has 2 heteroatoms. The van der Waals surface area contributed by atoms with Crippen LogP contribution in [-0.2, 0) is 6.61 Å². The highest BCUT2D eigenvalue weighted by Crippen LogP contribution is 2.09. The van der Waals surface area contributed by atoms with Crippen LogP contribution in [0.25, 0.3) is 0 Å². The molecule has 0 aliphatic heterocycles. The van der Waals surface area contributed by atoms with Crippen molar-refractivity contribution in [1.29, 1.82) is 5.26 Å². The zero-order valence-corrected chi connectivity index (χ0v) is 6.33. The zero-order chi connectivity index (χ0) is 8.27. The Morgan fingerprint density at radius 3 is 2.82 bits per heavy atom. The first kappa shape index (κ1) is 7.77. The van der Waals surface area contributed by atoms with Crippen LogP contribution in [0.5, 0.6) is 0 Å². The van der Waals surface area contributed by atoms with Crippen molar-refractivity contribution in [2.24, 2.45) is 0 Å². The summed E-state index contributed by atoms with van der Waals surface area (Å²) >= 11 is 0. The molecular weight excluding hydrogens is 138 g/mol. The number of hydrogen-bond acceptors (Lipinski definition) is 2. The fraction of sp³-hybridized carbons (Fsp3) is 0.222. The topological polar surface area (TPSA) is 44.0 Å². The Labute approximate surface area is 65.7 Å². The molecule has 0 spiro atoms. The van der Waals surface area contributed by atoms with E-state index >= 15 is 0 Å². The lowest BCUT2D eigenvalue weighted by molar-refractivity contribution is 0.281. The van der Waals surface area contributed by atoms with E-state index < -0.39 is 0 Å². The Bertz CT molecular complexity index is 299. The van der Waals surface area contributed by atoms with Crippen molar-refractivity contribution >= 4 is 0 Å². The molecule has 56 valence electrons. The van der Waals surface area contributed by atoms with Gasteiger partial charge >= 0.3 is 0 Å². The highest BCUT2D eigenvalue weighted by Gasteiger charge is 1.97. The standard InChI is InChI=1S/C9H9NO/c1-7-2-3-8(5-10)4-9(7)6-11/h2-4,11H,6H2,1H3. The maximum Gasteiger partial charge on any atom is 0.0991 e. The normalized spacial score (nSPS) is 9.18. The molecule has 2 nitrogen and oxygen atoms in total. The van der Waals surface area contributed by atoms with Gasteiger partial charge in [-0.15, -0.1) is 0 Å². The van der Waals surface area contributed by atoms with E-state index in [1.54, 1.807) is 12.1 Å². The third-order valence-corrected chi connectivity index (χ3v) is 1.65. The Hall–Kier alpha value is -1.33. The Morgan fingerprint density at radius 1 is 1.55 bits per heavy atom. The van der Waals surface area contributed by atoms with Gasteiger partial charge in [0.05, 0.1) is 18.2 Å². The van der Waals surface area contributed by atoms with Gasteiger partial charge in [-0.3, -0.25) is 0 Å². The first-order valence-electron chi connectivity index (χ1n) is 3.38. The van der Waals surface area contributed by atoms with E-state index in [0.717, 1.165) is 11.1 Å².